The first-order valence-electron chi connectivity index (χ1n) is 20.7. The van der Waals surface area contributed by atoms with E-state index in [1.165, 1.54) is 41.5 Å². The van der Waals surface area contributed by atoms with E-state index >= 15 is 0 Å². The van der Waals surface area contributed by atoms with Crippen LogP contribution < -0.4 is 4.90 Å². The quantitative estimate of drug-likeness (QED) is 0.177. The second-order valence-corrected chi connectivity index (χ2v) is 15.7. The summed E-state index contributed by atoms with van der Waals surface area (Å²) < 4.78 is 25.7. The van der Waals surface area contributed by atoms with Gasteiger partial charge >= 0.3 is 5.92 Å². The lowest BCUT2D eigenvalue weighted by Gasteiger charge is -2.21. The largest absolute Gasteiger partial charge is 0.310 e. The fraction of sp³-hybridized carbons (Fsp3) is 0.377. The van der Waals surface area contributed by atoms with Crippen LogP contribution in [0.5, 0.6) is 0 Å². The van der Waals surface area contributed by atoms with Gasteiger partial charge in [-0.25, -0.2) is 0 Å². The summed E-state index contributed by atoms with van der Waals surface area (Å²) in [5.74, 6) is 24.2. The van der Waals surface area contributed by atoms with Crippen molar-refractivity contribution in [1.29, 1.82) is 0 Å². The highest BCUT2D eigenvalue weighted by molar-refractivity contribution is 6.08. The summed E-state index contributed by atoms with van der Waals surface area (Å²) in [6.07, 6.45) is 10.6. The highest BCUT2D eigenvalue weighted by Gasteiger charge is 2.46. The van der Waals surface area contributed by atoms with Crippen molar-refractivity contribution in [3.63, 3.8) is 0 Å². The van der Waals surface area contributed by atoms with E-state index in [4.69, 9.17) is 0 Å². The predicted octanol–water partition coefficient (Wildman–Crippen LogP) is 12.1. The number of hydrogen-bond acceptors (Lipinski definition) is 1. The first-order valence-corrected chi connectivity index (χ1v) is 20.7. The normalized spacial score (nSPS) is 22.7. The third-order valence-corrected chi connectivity index (χ3v) is 11.8. The monoisotopic (exact) mass is 757 g/mol. The fourth-order valence-corrected chi connectivity index (χ4v) is 8.30. The molecule has 0 saturated heterocycles. The minimum Gasteiger partial charge on any atom is -0.310 e. The number of carbonyl (C=O) groups excluding carboxylic acids is 1. The number of nitrogens with zero attached hydrogens (tertiary/aromatic N) is 1. The van der Waals surface area contributed by atoms with E-state index in [9.17, 15) is 13.6 Å². The molecule has 9 rings (SSSR count). The summed E-state index contributed by atoms with van der Waals surface area (Å²) in [7, 11) is 1.78. The van der Waals surface area contributed by atoms with Crippen molar-refractivity contribution in [2.24, 2.45) is 23.7 Å². The van der Waals surface area contributed by atoms with Crippen molar-refractivity contribution in [2.45, 2.75) is 96.8 Å². The molecule has 2 unspecified atom stereocenters. The zero-order valence-electron chi connectivity index (χ0n) is 33.8. The van der Waals surface area contributed by atoms with Crippen LogP contribution in [0.2, 0.25) is 0 Å². The topological polar surface area (TPSA) is 20.3 Å². The van der Waals surface area contributed by atoms with Crippen molar-refractivity contribution < 1.29 is 13.6 Å². The highest BCUT2D eigenvalue weighted by atomic mass is 19.3. The van der Waals surface area contributed by atoms with E-state index in [0.29, 0.717) is 24.3 Å². The minimum absolute atomic E-state index is 0.0212. The molecule has 1 heterocycles. The number of alkyl halides is 2. The van der Waals surface area contributed by atoms with Crippen LogP contribution in [-0.4, -0.2) is 18.9 Å². The third kappa shape index (κ3) is 10.7. The maximum Gasteiger partial charge on any atom is 0.310 e. The molecule has 0 bridgehead atoms. The summed E-state index contributed by atoms with van der Waals surface area (Å²) in [6.45, 7) is 6.18. The van der Waals surface area contributed by atoms with E-state index in [0.717, 1.165) is 66.7 Å². The van der Waals surface area contributed by atoms with Crippen LogP contribution in [0.15, 0.2) is 97.1 Å². The molecule has 4 aliphatic carbocycles. The van der Waals surface area contributed by atoms with Crippen molar-refractivity contribution in [3.8, 4) is 47.4 Å². The lowest BCUT2D eigenvalue weighted by Crippen LogP contribution is -2.28. The first kappa shape index (κ1) is 41.1. The smallest absolute Gasteiger partial charge is 0.310 e. The van der Waals surface area contributed by atoms with Gasteiger partial charge < -0.3 is 4.90 Å². The second-order valence-electron chi connectivity index (χ2n) is 15.7. The number of benzene rings is 4. The van der Waals surface area contributed by atoms with Gasteiger partial charge in [0.05, 0.1) is 11.3 Å². The van der Waals surface area contributed by atoms with Crippen molar-refractivity contribution in [1.82, 2.24) is 0 Å². The van der Waals surface area contributed by atoms with E-state index in [2.05, 4.69) is 104 Å². The van der Waals surface area contributed by atoms with Crippen LogP contribution in [0.3, 0.4) is 0 Å². The molecule has 290 valence electrons. The van der Waals surface area contributed by atoms with Crippen molar-refractivity contribution >= 4 is 11.6 Å². The number of rotatable bonds is 1. The molecule has 57 heavy (non-hydrogen) atoms. The lowest BCUT2D eigenvalue weighted by atomic mass is 9.87. The number of para-hydroxylation sites is 1. The minimum atomic E-state index is -2.75. The van der Waals surface area contributed by atoms with Crippen LogP contribution in [0.1, 0.15) is 128 Å². The Labute approximate surface area is 339 Å². The molecule has 2 nitrogen and oxygen atoms in total. The summed E-state index contributed by atoms with van der Waals surface area (Å²) in [6, 6.07) is 32.1. The third-order valence-electron chi connectivity index (χ3n) is 11.8. The first-order chi connectivity index (χ1) is 27.7. The van der Waals surface area contributed by atoms with E-state index < -0.39 is 11.8 Å². The van der Waals surface area contributed by atoms with Gasteiger partial charge in [0.2, 0.25) is 0 Å². The maximum atomic E-state index is 12.9. The number of carbonyl (C=O) groups is 1. The summed E-state index contributed by atoms with van der Waals surface area (Å²) in [4.78, 5) is 14.1. The molecular formula is C53H53F2NO. The SMILES string of the molecule is CCC1C2CCC#CCCC12.CN1C(=O)c2ccccc2C#Cc2ccccc21.C[C@@H]1CCCCC#CC1(F)F.C[C@@H]1Cc2ccccc2C#Cc2ccccc21. The molecule has 1 saturated carbocycles. The average molecular weight is 758 g/mol. The lowest BCUT2D eigenvalue weighted by molar-refractivity contribution is 0.00373. The number of fused-ring (bicyclic) bond motifs is 5. The van der Waals surface area contributed by atoms with Gasteiger partial charge in [0.15, 0.2) is 0 Å². The van der Waals surface area contributed by atoms with Crippen LogP contribution in [0.4, 0.5) is 14.5 Å². The van der Waals surface area contributed by atoms with Crippen LogP contribution in [-0.2, 0) is 6.42 Å². The Morgan fingerprint density at radius 3 is 1.98 bits per heavy atom. The predicted molar refractivity (Wildman–Crippen MR) is 230 cm³/mol. The summed E-state index contributed by atoms with van der Waals surface area (Å²) in [5, 5.41) is 0. The van der Waals surface area contributed by atoms with E-state index in [1.54, 1.807) is 18.9 Å². The highest BCUT2D eigenvalue weighted by Crippen LogP contribution is 2.54. The Bertz CT molecular complexity index is 2280. The molecule has 0 aromatic heterocycles. The summed E-state index contributed by atoms with van der Waals surface area (Å²) >= 11 is 0. The molecule has 4 heteroatoms. The molecule has 5 aliphatic rings. The molecule has 4 aromatic carbocycles. The Balaban J connectivity index is 0.000000132. The average Bonchev–Trinajstić information content (AvgIpc) is 3.88. The fourth-order valence-electron chi connectivity index (χ4n) is 8.30. The number of halogens is 2. The molecule has 4 atom stereocenters. The van der Waals surface area contributed by atoms with Crippen molar-refractivity contribution in [2.75, 3.05) is 11.9 Å². The molecule has 1 fully saturated rings. The zero-order valence-corrected chi connectivity index (χ0v) is 33.8. The van der Waals surface area contributed by atoms with Gasteiger partial charge in [0.25, 0.3) is 5.91 Å². The van der Waals surface area contributed by atoms with Gasteiger partial charge in [-0.05, 0) is 109 Å². The van der Waals surface area contributed by atoms with Crippen LogP contribution >= 0.6 is 0 Å². The second kappa shape index (κ2) is 19.5. The maximum absolute atomic E-state index is 12.9. The Kier molecular flexibility index (Phi) is 14.1. The Morgan fingerprint density at radius 2 is 1.25 bits per heavy atom. The number of hydrogen-bond donors (Lipinski definition) is 0. The Morgan fingerprint density at radius 1 is 0.667 bits per heavy atom. The number of amides is 1. The molecule has 0 N–H and O–H groups in total. The molecule has 0 spiro atoms. The van der Waals surface area contributed by atoms with Gasteiger partial charge in [0.1, 0.15) is 0 Å². The number of anilines is 1. The van der Waals surface area contributed by atoms with Gasteiger partial charge in [-0.1, -0.05) is 124 Å². The van der Waals surface area contributed by atoms with E-state index in [-0.39, 0.29) is 5.91 Å². The van der Waals surface area contributed by atoms with Gasteiger partial charge in [-0.2, -0.15) is 8.78 Å². The molecule has 1 aliphatic heterocycles. The molecular weight excluding hydrogens is 705 g/mol. The zero-order chi connectivity index (χ0) is 40.2. The van der Waals surface area contributed by atoms with Gasteiger partial charge in [0, 0.05) is 54.5 Å². The molecule has 4 aromatic rings. The standard InChI is InChI=1S/C17H14.C16H11NO.C11H16.C9H12F2/c1-13-12-16-8-3-2-6-14(16)10-11-15-7-4-5-9-17(13)15;1-17-15-9-5-3-7-13(15)11-10-12-6-2-4-8-14(12)16(17)18;1-2-9-10-7-5-3-4-6-8-11(9)10;1-8-6-4-2-3-5-7-9(8,10)11/h2-9,13H,12H2,1H3;2-9H,1H3;9-11H,2,5-8H2,1H3;8H,2-4,6H2,1H3/t13-;;;8-/m1..1/s1. The molecule has 1 amide bonds. The van der Waals surface area contributed by atoms with Crippen molar-refractivity contribution in [3.05, 3.63) is 136 Å². The Hall–Kier alpha value is -5.55. The summed E-state index contributed by atoms with van der Waals surface area (Å²) in [5.41, 5.74) is 8.25. The van der Waals surface area contributed by atoms with Crippen LogP contribution in [0.25, 0.3) is 0 Å². The van der Waals surface area contributed by atoms with E-state index in [1.807, 2.05) is 54.5 Å². The van der Waals surface area contributed by atoms with Gasteiger partial charge in [-0.15, -0.1) is 11.8 Å². The molecule has 0 radical (unpaired) electrons. The van der Waals surface area contributed by atoms with Gasteiger partial charge in [-0.3, -0.25) is 4.79 Å². The van der Waals surface area contributed by atoms with Crippen LogP contribution in [0, 0.1) is 71.0 Å².